The van der Waals surface area contributed by atoms with E-state index in [1.165, 1.54) is 11.1 Å². The van der Waals surface area contributed by atoms with Crippen LogP contribution < -0.4 is 0 Å². The van der Waals surface area contributed by atoms with E-state index in [2.05, 4.69) is 74.0 Å². The Kier molecular flexibility index (Phi) is 5.08. The molecular formula is C19H22N2. The average molecular weight is 278 g/mol. The van der Waals surface area contributed by atoms with Crippen molar-refractivity contribution in [2.45, 2.75) is 40.5 Å². The van der Waals surface area contributed by atoms with Gasteiger partial charge in [-0.15, -0.1) is 0 Å². The fraction of sp³-hybridized carbons (Fsp3) is 0.316. The molecule has 0 aliphatic carbocycles. The highest BCUT2D eigenvalue weighted by Crippen LogP contribution is 2.26. The highest BCUT2D eigenvalue weighted by atomic mass is 14.8. The van der Waals surface area contributed by atoms with Crippen LogP contribution in [0, 0.1) is 13.8 Å². The third kappa shape index (κ3) is 3.48. The van der Waals surface area contributed by atoms with Crippen molar-refractivity contribution in [2.75, 3.05) is 0 Å². The molecule has 108 valence electrons. The molecule has 0 radical (unpaired) electrons. The number of aliphatic imine (C=N–C) groups is 2. The van der Waals surface area contributed by atoms with Crippen LogP contribution in [-0.4, -0.2) is 6.01 Å². The van der Waals surface area contributed by atoms with Gasteiger partial charge in [0, 0.05) is 0 Å². The molecule has 0 bridgehead atoms. The highest BCUT2D eigenvalue weighted by molar-refractivity contribution is 5.65. The average Bonchev–Trinajstić information content (AvgIpc) is 2.50. The maximum atomic E-state index is 4.51. The van der Waals surface area contributed by atoms with Gasteiger partial charge in [-0.1, -0.05) is 50.2 Å². The molecule has 0 heterocycles. The van der Waals surface area contributed by atoms with Gasteiger partial charge in [-0.05, 0) is 48.9 Å². The second-order valence-electron chi connectivity index (χ2n) is 5.20. The molecule has 0 fully saturated rings. The molecule has 2 rings (SSSR count). The lowest BCUT2D eigenvalue weighted by Gasteiger charge is -2.06. The van der Waals surface area contributed by atoms with Crippen LogP contribution in [0.5, 0.6) is 0 Å². The van der Waals surface area contributed by atoms with Crippen molar-refractivity contribution < 1.29 is 0 Å². The first-order valence-corrected chi connectivity index (χ1v) is 7.50. The fourth-order valence-electron chi connectivity index (χ4n) is 2.47. The third-order valence-electron chi connectivity index (χ3n) is 3.73. The first-order chi connectivity index (χ1) is 10.2. The summed E-state index contributed by atoms with van der Waals surface area (Å²) < 4.78 is 0. The van der Waals surface area contributed by atoms with E-state index < -0.39 is 0 Å². The van der Waals surface area contributed by atoms with Gasteiger partial charge in [-0.25, -0.2) is 0 Å². The summed E-state index contributed by atoms with van der Waals surface area (Å²) in [5.74, 6) is 0. The summed E-state index contributed by atoms with van der Waals surface area (Å²) in [6.45, 7) is 8.42. The van der Waals surface area contributed by atoms with Crippen LogP contribution in [0.1, 0.15) is 36.1 Å². The Morgan fingerprint density at radius 2 is 1.24 bits per heavy atom. The zero-order chi connectivity index (χ0) is 15.2. The van der Waals surface area contributed by atoms with Crippen LogP contribution in [0.15, 0.2) is 46.4 Å². The molecule has 2 aromatic rings. The second kappa shape index (κ2) is 7.01. The van der Waals surface area contributed by atoms with Gasteiger partial charge in [0.15, 0.2) is 0 Å². The lowest BCUT2D eigenvalue weighted by Crippen LogP contribution is -1.87. The van der Waals surface area contributed by atoms with Gasteiger partial charge in [0.25, 0.3) is 0 Å². The van der Waals surface area contributed by atoms with Crippen LogP contribution in [0.4, 0.5) is 11.4 Å². The quantitative estimate of drug-likeness (QED) is 0.654. The molecule has 0 aliphatic heterocycles. The Bertz CT molecular complexity index is 650. The number of hydrogen-bond acceptors (Lipinski definition) is 2. The Labute approximate surface area is 127 Å². The first kappa shape index (κ1) is 15.2. The van der Waals surface area contributed by atoms with Crippen molar-refractivity contribution in [3.63, 3.8) is 0 Å². The molecule has 21 heavy (non-hydrogen) atoms. The monoisotopic (exact) mass is 278 g/mol. The van der Waals surface area contributed by atoms with Crippen molar-refractivity contribution in [3.05, 3.63) is 58.7 Å². The van der Waals surface area contributed by atoms with E-state index in [0.29, 0.717) is 0 Å². The molecule has 2 heteroatoms. The lowest BCUT2D eigenvalue weighted by molar-refractivity contribution is 1.08. The Morgan fingerprint density at radius 3 is 1.76 bits per heavy atom. The van der Waals surface area contributed by atoms with E-state index in [-0.39, 0.29) is 0 Å². The number of aryl methyl sites for hydroxylation is 4. The molecule has 2 aromatic carbocycles. The molecule has 0 amide bonds. The molecule has 0 aliphatic rings. The predicted molar refractivity (Wildman–Crippen MR) is 90.3 cm³/mol. The zero-order valence-corrected chi connectivity index (χ0v) is 13.3. The van der Waals surface area contributed by atoms with Crippen LogP contribution in [0.25, 0.3) is 0 Å². The Balaban J connectivity index is 2.44. The number of nitrogens with zero attached hydrogens (tertiary/aromatic N) is 2. The van der Waals surface area contributed by atoms with Crippen LogP contribution in [-0.2, 0) is 12.8 Å². The summed E-state index contributed by atoms with van der Waals surface area (Å²) in [7, 11) is 0. The van der Waals surface area contributed by atoms with Gasteiger partial charge in [0.1, 0.15) is 6.01 Å². The normalized spacial score (nSPS) is 10.1. The summed E-state index contributed by atoms with van der Waals surface area (Å²) in [4.78, 5) is 8.94. The lowest BCUT2D eigenvalue weighted by atomic mass is 10.0. The van der Waals surface area contributed by atoms with E-state index in [9.17, 15) is 0 Å². The molecular weight excluding hydrogens is 256 g/mol. The van der Waals surface area contributed by atoms with Gasteiger partial charge in [-0.3, -0.25) is 0 Å². The number of rotatable bonds is 4. The van der Waals surface area contributed by atoms with Crippen molar-refractivity contribution in [1.82, 2.24) is 0 Å². The van der Waals surface area contributed by atoms with Gasteiger partial charge < -0.3 is 0 Å². The van der Waals surface area contributed by atoms with Gasteiger partial charge in [-0.2, -0.15) is 9.98 Å². The molecule has 0 saturated heterocycles. The first-order valence-electron chi connectivity index (χ1n) is 7.50. The predicted octanol–water partition coefficient (Wildman–Crippen LogP) is 5.57. The van der Waals surface area contributed by atoms with Gasteiger partial charge in [0.2, 0.25) is 0 Å². The van der Waals surface area contributed by atoms with E-state index >= 15 is 0 Å². The Morgan fingerprint density at radius 1 is 0.762 bits per heavy atom. The summed E-state index contributed by atoms with van der Waals surface area (Å²) >= 11 is 0. The standard InChI is InChI=1S/C19H22N2/c1-5-16-11-8-12-17(6-2)19(16)21-13-20-18-14(3)9-7-10-15(18)4/h7-12H,5-6H2,1-4H3. The molecule has 0 saturated carbocycles. The Hall–Kier alpha value is -2.18. The van der Waals surface area contributed by atoms with Crippen molar-refractivity contribution in [3.8, 4) is 0 Å². The fourth-order valence-corrected chi connectivity index (χ4v) is 2.47. The van der Waals surface area contributed by atoms with E-state index in [4.69, 9.17) is 0 Å². The summed E-state index contributed by atoms with van der Waals surface area (Å²) in [6.07, 6.45) is 1.94. The summed E-state index contributed by atoms with van der Waals surface area (Å²) in [6, 6.07) is 15.4. The molecule has 0 spiro atoms. The number of para-hydroxylation sites is 2. The number of hydrogen-bond donors (Lipinski definition) is 0. The van der Waals surface area contributed by atoms with Crippen molar-refractivity contribution in [2.24, 2.45) is 9.98 Å². The minimum atomic E-state index is 0.966. The van der Waals surface area contributed by atoms with Crippen LogP contribution in [0.2, 0.25) is 0 Å². The largest absolute Gasteiger partial charge is 0.187 e. The summed E-state index contributed by atoms with van der Waals surface area (Å²) in [5, 5.41) is 0. The second-order valence-corrected chi connectivity index (χ2v) is 5.20. The minimum Gasteiger partial charge on any atom is -0.187 e. The minimum absolute atomic E-state index is 0.966. The van der Waals surface area contributed by atoms with Crippen molar-refractivity contribution >= 4 is 17.4 Å². The molecule has 0 N–H and O–H groups in total. The highest BCUT2D eigenvalue weighted by Gasteiger charge is 2.04. The van der Waals surface area contributed by atoms with E-state index in [1.807, 2.05) is 6.07 Å². The van der Waals surface area contributed by atoms with Gasteiger partial charge in [0.05, 0.1) is 11.4 Å². The molecule has 0 atom stereocenters. The third-order valence-corrected chi connectivity index (χ3v) is 3.73. The topological polar surface area (TPSA) is 24.7 Å². The zero-order valence-electron chi connectivity index (χ0n) is 13.3. The van der Waals surface area contributed by atoms with E-state index in [1.54, 1.807) is 0 Å². The molecule has 2 nitrogen and oxygen atoms in total. The smallest absolute Gasteiger partial charge is 0.101 e. The molecule has 0 unspecified atom stereocenters. The van der Waals surface area contributed by atoms with Crippen LogP contribution in [0.3, 0.4) is 0 Å². The van der Waals surface area contributed by atoms with Gasteiger partial charge >= 0.3 is 0 Å². The SMILES string of the molecule is CCc1cccc(CC)c1N=C=Nc1c(C)cccc1C. The maximum absolute atomic E-state index is 4.51. The van der Waals surface area contributed by atoms with E-state index in [0.717, 1.165) is 35.3 Å². The maximum Gasteiger partial charge on any atom is 0.101 e. The van der Waals surface area contributed by atoms with Crippen LogP contribution >= 0.6 is 0 Å². The molecule has 0 aromatic heterocycles. The number of benzene rings is 2. The summed E-state index contributed by atoms with van der Waals surface area (Å²) in [5.41, 5.74) is 6.79. The van der Waals surface area contributed by atoms with Crippen molar-refractivity contribution in [1.29, 1.82) is 0 Å².